The highest BCUT2D eigenvalue weighted by atomic mass is 16.4. The lowest BCUT2D eigenvalue weighted by atomic mass is 9.95. The highest BCUT2D eigenvalue weighted by Crippen LogP contribution is 2.19. The van der Waals surface area contributed by atoms with Crippen LogP contribution in [0.2, 0.25) is 0 Å². The number of piperazine rings is 1. The van der Waals surface area contributed by atoms with Crippen molar-refractivity contribution >= 4 is 17.8 Å². The zero-order valence-corrected chi connectivity index (χ0v) is 14.8. The molecule has 0 aliphatic carbocycles. The van der Waals surface area contributed by atoms with Crippen LogP contribution in [0.1, 0.15) is 41.0 Å². The van der Waals surface area contributed by atoms with Gasteiger partial charge in [0.25, 0.3) is 0 Å². The molecule has 0 radical (unpaired) electrons. The summed E-state index contributed by atoms with van der Waals surface area (Å²) < 4.78 is 0. The predicted octanol–water partition coefficient (Wildman–Crippen LogP) is 0.545. The topological polar surface area (TPSA) is 90.0 Å². The number of hydrogen-bond donors (Lipinski definition) is 2. The monoisotopic (exact) mass is 327 g/mol. The molecule has 0 aromatic heterocycles. The SMILES string of the molecule is CCC(C)C(NC(=O)C(C)(C)N1CCN(C(C)=O)CC1)C(=O)O. The average Bonchev–Trinajstić information content (AvgIpc) is 2.51. The number of hydrogen-bond acceptors (Lipinski definition) is 4. The molecule has 2 amide bonds. The van der Waals surface area contributed by atoms with Crippen molar-refractivity contribution < 1.29 is 19.5 Å². The van der Waals surface area contributed by atoms with Gasteiger partial charge in [-0.25, -0.2) is 4.79 Å². The maximum atomic E-state index is 12.6. The number of nitrogens with one attached hydrogen (secondary N) is 1. The van der Waals surface area contributed by atoms with Crippen molar-refractivity contribution in [2.45, 2.75) is 52.6 Å². The van der Waals surface area contributed by atoms with Crippen LogP contribution in [0, 0.1) is 5.92 Å². The first-order valence-corrected chi connectivity index (χ1v) is 8.15. The summed E-state index contributed by atoms with van der Waals surface area (Å²) in [4.78, 5) is 39.1. The highest BCUT2D eigenvalue weighted by Gasteiger charge is 2.39. The molecule has 0 spiro atoms. The van der Waals surface area contributed by atoms with Crippen molar-refractivity contribution in [3.8, 4) is 0 Å². The van der Waals surface area contributed by atoms with Crippen molar-refractivity contribution in [1.29, 1.82) is 0 Å². The van der Waals surface area contributed by atoms with Gasteiger partial charge in [-0.3, -0.25) is 14.5 Å². The first-order valence-electron chi connectivity index (χ1n) is 8.15. The molecule has 1 heterocycles. The van der Waals surface area contributed by atoms with E-state index in [0.717, 1.165) is 0 Å². The fourth-order valence-electron chi connectivity index (χ4n) is 2.72. The molecule has 1 aliphatic rings. The Morgan fingerprint density at radius 1 is 1.17 bits per heavy atom. The van der Waals surface area contributed by atoms with Gasteiger partial charge < -0.3 is 15.3 Å². The van der Waals surface area contributed by atoms with E-state index in [9.17, 15) is 19.5 Å². The molecule has 132 valence electrons. The third-order valence-corrected chi connectivity index (χ3v) is 4.84. The number of nitrogens with zero attached hydrogens (tertiary/aromatic N) is 2. The molecule has 1 saturated heterocycles. The minimum absolute atomic E-state index is 0.0367. The van der Waals surface area contributed by atoms with E-state index in [0.29, 0.717) is 32.6 Å². The Morgan fingerprint density at radius 3 is 2.09 bits per heavy atom. The first-order chi connectivity index (χ1) is 10.6. The van der Waals surface area contributed by atoms with Crippen LogP contribution >= 0.6 is 0 Å². The fraction of sp³-hybridized carbons (Fsp3) is 0.812. The van der Waals surface area contributed by atoms with E-state index in [1.54, 1.807) is 18.7 Å². The minimum Gasteiger partial charge on any atom is -0.480 e. The number of carboxylic acid groups (broad SMARTS) is 1. The van der Waals surface area contributed by atoms with Gasteiger partial charge in [0.2, 0.25) is 11.8 Å². The molecule has 0 aromatic carbocycles. The van der Waals surface area contributed by atoms with Crippen molar-refractivity contribution in [3.05, 3.63) is 0 Å². The largest absolute Gasteiger partial charge is 0.480 e. The second-order valence-corrected chi connectivity index (χ2v) is 6.73. The van der Waals surface area contributed by atoms with Gasteiger partial charge in [-0.05, 0) is 19.8 Å². The van der Waals surface area contributed by atoms with Gasteiger partial charge in [0.1, 0.15) is 6.04 Å². The normalized spacial score (nSPS) is 19.1. The molecular formula is C16H29N3O4. The standard InChI is InChI=1S/C16H29N3O4/c1-6-11(2)13(14(21)22)17-15(23)16(4,5)19-9-7-18(8-10-19)12(3)20/h11,13H,6-10H2,1-5H3,(H,17,23)(H,21,22). The van der Waals surface area contributed by atoms with E-state index in [-0.39, 0.29) is 17.7 Å². The number of aliphatic carboxylic acids is 1. The van der Waals surface area contributed by atoms with E-state index < -0.39 is 17.6 Å². The molecule has 23 heavy (non-hydrogen) atoms. The zero-order valence-electron chi connectivity index (χ0n) is 14.8. The van der Waals surface area contributed by atoms with Crippen LogP contribution in [0.25, 0.3) is 0 Å². The van der Waals surface area contributed by atoms with Gasteiger partial charge in [0.15, 0.2) is 0 Å². The summed E-state index contributed by atoms with van der Waals surface area (Å²) in [6.45, 7) is 11.2. The Kier molecular flexibility index (Phi) is 6.56. The van der Waals surface area contributed by atoms with Gasteiger partial charge in [-0.2, -0.15) is 0 Å². The van der Waals surface area contributed by atoms with E-state index in [1.807, 2.05) is 18.7 Å². The van der Waals surface area contributed by atoms with E-state index in [1.165, 1.54) is 6.92 Å². The summed E-state index contributed by atoms with van der Waals surface area (Å²) in [6, 6.07) is -0.884. The molecule has 2 atom stereocenters. The van der Waals surface area contributed by atoms with Crippen LogP contribution < -0.4 is 5.32 Å². The second kappa shape index (κ2) is 7.77. The molecule has 1 fully saturated rings. The Morgan fingerprint density at radius 2 is 1.70 bits per heavy atom. The lowest BCUT2D eigenvalue weighted by Gasteiger charge is -2.43. The van der Waals surface area contributed by atoms with Gasteiger partial charge in [0.05, 0.1) is 5.54 Å². The van der Waals surface area contributed by atoms with Crippen molar-refractivity contribution in [2.75, 3.05) is 26.2 Å². The minimum atomic E-state index is -1.01. The highest BCUT2D eigenvalue weighted by molar-refractivity contribution is 5.89. The summed E-state index contributed by atoms with van der Waals surface area (Å²) in [7, 11) is 0. The molecule has 1 aliphatic heterocycles. The smallest absolute Gasteiger partial charge is 0.326 e. The molecule has 2 unspecified atom stereocenters. The number of carboxylic acids is 1. The Labute approximate surface area is 138 Å². The summed E-state index contributed by atoms with van der Waals surface area (Å²) in [5, 5.41) is 12.0. The molecule has 0 aromatic rings. The maximum Gasteiger partial charge on any atom is 0.326 e. The average molecular weight is 327 g/mol. The van der Waals surface area contributed by atoms with E-state index >= 15 is 0 Å². The Balaban J connectivity index is 2.73. The van der Waals surface area contributed by atoms with Crippen LogP contribution in [0.5, 0.6) is 0 Å². The summed E-state index contributed by atoms with van der Waals surface area (Å²) in [5.41, 5.74) is -0.815. The van der Waals surface area contributed by atoms with Crippen LogP contribution in [0.4, 0.5) is 0 Å². The van der Waals surface area contributed by atoms with Crippen molar-refractivity contribution in [3.63, 3.8) is 0 Å². The molecule has 1 rings (SSSR count). The van der Waals surface area contributed by atoms with E-state index in [2.05, 4.69) is 5.32 Å². The number of rotatable bonds is 6. The fourth-order valence-corrected chi connectivity index (χ4v) is 2.72. The van der Waals surface area contributed by atoms with E-state index in [4.69, 9.17) is 0 Å². The predicted molar refractivity (Wildman–Crippen MR) is 86.9 cm³/mol. The number of carbonyl (C=O) groups is 3. The summed E-state index contributed by atoms with van der Waals surface area (Å²) >= 11 is 0. The summed E-state index contributed by atoms with van der Waals surface area (Å²) in [6.07, 6.45) is 0.676. The quantitative estimate of drug-likeness (QED) is 0.743. The third kappa shape index (κ3) is 4.67. The zero-order chi connectivity index (χ0) is 17.8. The number of carbonyl (C=O) groups excluding carboxylic acids is 2. The van der Waals surface area contributed by atoms with Crippen molar-refractivity contribution in [2.24, 2.45) is 5.92 Å². The Hall–Kier alpha value is -1.63. The van der Waals surface area contributed by atoms with Gasteiger partial charge in [-0.1, -0.05) is 20.3 Å². The molecule has 7 heteroatoms. The lowest BCUT2D eigenvalue weighted by Crippen LogP contribution is -2.63. The number of amides is 2. The van der Waals surface area contributed by atoms with Crippen molar-refractivity contribution in [1.82, 2.24) is 15.1 Å². The molecule has 2 N–H and O–H groups in total. The third-order valence-electron chi connectivity index (χ3n) is 4.84. The first kappa shape index (κ1) is 19.4. The molecular weight excluding hydrogens is 298 g/mol. The Bertz CT molecular complexity index is 456. The van der Waals surface area contributed by atoms with Crippen LogP contribution in [0.15, 0.2) is 0 Å². The molecule has 0 bridgehead atoms. The molecule has 0 saturated carbocycles. The second-order valence-electron chi connectivity index (χ2n) is 6.73. The summed E-state index contributed by atoms with van der Waals surface area (Å²) in [5.74, 6) is -1.40. The van der Waals surface area contributed by atoms with Gasteiger partial charge in [-0.15, -0.1) is 0 Å². The van der Waals surface area contributed by atoms with Gasteiger partial charge >= 0.3 is 5.97 Å². The molecule has 7 nitrogen and oxygen atoms in total. The van der Waals surface area contributed by atoms with Crippen LogP contribution in [0.3, 0.4) is 0 Å². The van der Waals surface area contributed by atoms with Crippen LogP contribution in [-0.2, 0) is 14.4 Å². The van der Waals surface area contributed by atoms with Gasteiger partial charge in [0, 0.05) is 33.1 Å². The lowest BCUT2D eigenvalue weighted by molar-refractivity contribution is -0.146. The van der Waals surface area contributed by atoms with Crippen LogP contribution in [-0.4, -0.2) is 70.4 Å². The maximum absolute atomic E-state index is 12.6.